The third-order valence-corrected chi connectivity index (χ3v) is 5.48. The van der Waals surface area contributed by atoms with E-state index in [1.807, 2.05) is 42.5 Å². The van der Waals surface area contributed by atoms with Crippen LogP contribution in [0.2, 0.25) is 0 Å². The zero-order chi connectivity index (χ0) is 22.9. The number of ether oxygens (including phenoxy) is 1. The predicted molar refractivity (Wildman–Crippen MR) is 130 cm³/mol. The molecule has 0 fully saturated rings. The van der Waals surface area contributed by atoms with E-state index >= 15 is 0 Å². The summed E-state index contributed by atoms with van der Waals surface area (Å²) in [4.78, 5) is 16.9. The van der Waals surface area contributed by atoms with Gasteiger partial charge < -0.3 is 19.0 Å². The van der Waals surface area contributed by atoms with Gasteiger partial charge in [0.05, 0.1) is 23.9 Å². The van der Waals surface area contributed by atoms with E-state index in [0.717, 1.165) is 54.0 Å². The Kier molecular flexibility index (Phi) is 7.59. The minimum absolute atomic E-state index is 0.212. The number of aromatic nitrogens is 2. The number of unbranched alkanes of at least 4 members (excludes halogenated alkanes) is 1. The summed E-state index contributed by atoms with van der Waals surface area (Å²) >= 11 is 0. The van der Waals surface area contributed by atoms with Gasteiger partial charge in [-0.3, -0.25) is 4.79 Å². The number of fused-ring (bicyclic) bond motifs is 1. The molecule has 6 nitrogen and oxygen atoms in total. The summed E-state index contributed by atoms with van der Waals surface area (Å²) in [6.07, 6.45) is 6.74. The van der Waals surface area contributed by atoms with Crippen LogP contribution in [0.3, 0.4) is 0 Å². The van der Waals surface area contributed by atoms with Crippen LogP contribution in [0.5, 0.6) is 5.75 Å². The first-order chi connectivity index (χ1) is 16.3. The third-order valence-electron chi connectivity index (χ3n) is 5.48. The number of nitrogens with one attached hydrogen (secondary N) is 1. The average Bonchev–Trinajstić information content (AvgIpc) is 3.49. The normalized spacial score (nSPS) is 10.9. The molecule has 33 heavy (non-hydrogen) atoms. The van der Waals surface area contributed by atoms with Crippen LogP contribution in [0.1, 0.15) is 34.8 Å². The Bertz CT molecular complexity index is 1190. The highest BCUT2D eigenvalue weighted by Gasteiger charge is 2.12. The summed E-state index contributed by atoms with van der Waals surface area (Å²) in [5.74, 6) is 2.00. The molecule has 1 N–H and O–H groups in total. The van der Waals surface area contributed by atoms with Gasteiger partial charge in [0, 0.05) is 19.5 Å². The Balaban J connectivity index is 1.33. The molecule has 2 aromatic heterocycles. The fraction of sp³-hybridized carbons (Fsp3) is 0.259. The van der Waals surface area contributed by atoms with Crippen molar-refractivity contribution in [3.8, 4) is 5.75 Å². The van der Waals surface area contributed by atoms with Gasteiger partial charge in [-0.05, 0) is 55.2 Å². The molecular weight excluding hydrogens is 414 g/mol. The zero-order valence-corrected chi connectivity index (χ0v) is 18.7. The standard InChI is InChI=1S/C27H29N3O3/c1-2-10-21-11-3-6-14-24(21)32-19-8-7-18-30-23-13-5-4-12-22(23)29-26(30)16-17-28-27(31)25-15-9-20-33-25/h2-6,9,11-15,20H,1,7-8,10,16-19H2,(H,28,31). The van der Waals surface area contributed by atoms with E-state index in [2.05, 4.69) is 28.6 Å². The lowest BCUT2D eigenvalue weighted by Crippen LogP contribution is -2.26. The Labute approximate surface area is 193 Å². The number of carbonyl (C=O) groups excluding carboxylic acids is 1. The highest BCUT2D eigenvalue weighted by atomic mass is 16.5. The summed E-state index contributed by atoms with van der Waals surface area (Å²) < 4.78 is 13.4. The number of carbonyl (C=O) groups is 1. The molecule has 0 radical (unpaired) electrons. The van der Waals surface area contributed by atoms with E-state index in [1.54, 1.807) is 12.1 Å². The number of hydrogen-bond acceptors (Lipinski definition) is 4. The van der Waals surface area contributed by atoms with Crippen molar-refractivity contribution < 1.29 is 13.9 Å². The van der Waals surface area contributed by atoms with Gasteiger partial charge in [-0.25, -0.2) is 4.98 Å². The number of aryl methyl sites for hydroxylation is 1. The van der Waals surface area contributed by atoms with Gasteiger partial charge >= 0.3 is 0 Å². The van der Waals surface area contributed by atoms with Gasteiger partial charge in [-0.1, -0.05) is 36.4 Å². The minimum Gasteiger partial charge on any atom is -0.493 e. The fourth-order valence-corrected chi connectivity index (χ4v) is 3.87. The van der Waals surface area contributed by atoms with Crippen LogP contribution in [0.4, 0.5) is 0 Å². The maximum absolute atomic E-state index is 12.1. The van der Waals surface area contributed by atoms with Crippen molar-refractivity contribution in [2.45, 2.75) is 32.2 Å². The average molecular weight is 444 g/mol. The Morgan fingerprint density at radius 1 is 1.09 bits per heavy atom. The molecule has 1 amide bonds. The van der Waals surface area contributed by atoms with Crippen molar-refractivity contribution in [2.75, 3.05) is 13.2 Å². The summed E-state index contributed by atoms with van der Waals surface area (Å²) in [7, 11) is 0. The largest absolute Gasteiger partial charge is 0.493 e. The first-order valence-corrected chi connectivity index (χ1v) is 11.3. The molecule has 0 spiro atoms. The molecule has 2 heterocycles. The van der Waals surface area contributed by atoms with Crippen LogP contribution in [0, 0.1) is 0 Å². The van der Waals surface area contributed by atoms with Gasteiger partial charge in [0.2, 0.25) is 0 Å². The minimum atomic E-state index is -0.212. The molecule has 4 rings (SSSR count). The molecule has 2 aromatic carbocycles. The molecular formula is C27H29N3O3. The van der Waals surface area contributed by atoms with Crippen LogP contribution in [-0.4, -0.2) is 28.6 Å². The zero-order valence-electron chi connectivity index (χ0n) is 18.7. The van der Waals surface area contributed by atoms with Gasteiger partial charge in [0.1, 0.15) is 11.6 Å². The third kappa shape index (κ3) is 5.71. The topological polar surface area (TPSA) is 69.3 Å². The molecule has 6 heteroatoms. The molecule has 0 saturated carbocycles. The summed E-state index contributed by atoms with van der Waals surface area (Å²) in [5, 5.41) is 2.90. The molecule has 4 aromatic rings. The highest BCUT2D eigenvalue weighted by molar-refractivity contribution is 5.91. The first kappa shape index (κ1) is 22.4. The van der Waals surface area contributed by atoms with Crippen LogP contribution < -0.4 is 10.1 Å². The number of rotatable bonds is 12. The number of hydrogen-bond donors (Lipinski definition) is 1. The molecule has 0 aliphatic heterocycles. The molecule has 0 aliphatic rings. The van der Waals surface area contributed by atoms with Crippen molar-refractivity contribution in [3.05, 3.63) is 96.7 Å². The lowest BCUT2D eigenvalue weighted by molar-refractivity contribution is 0.0926. The van der Waals surface area contributed by atoms with Crippen LogP contribution in [-0.2, 0) is 19.4 Å². The van der Waals surface area contributed by atoms with Crippen molar-refractivity contribution in [3.63, 3.8) is 0 Å². The SMILES string of the molecule is C=CCc1ccccc1OCCCCn1c(CCNC(=O)c2ccco2)nc2ccccc21. The lowest BCUT2D eigenvalue weighted by Gasteiger charge is -2.12. The van der Waals surface area contributed by atoms with Crippen molar-refractivity contribution in [1.29, 1.82) is 0 Å². The molecule has 0 unspecified atom stereocenters. The molecule has 170 valence electrons. The second kappa shape index (κ2) is 11.2. The monoisotopic (exact) mass is 443 g/mol. The maximum Gasteiger partial charge on any atom is 0.286 e. The Hall–Kier alpha value is -3.80. The number of allylic oxidation sites excluding steroid dienone is 1. The summed E-state index contributed by atoms with van der Waals surface area (Å²) in [5.41, 5.74) is 3.24. The van der Waals surface area contributed by atoms with Gasteiger partial charge in [-0.2, -0.15) is 0 Å². The van der Waals surface area contributed by atoms with Gasteiger partial charge in [-0.15, -0.1) is 6.58 Å². The number of nitrogens with zero attached hydrogens (tertiary/aromatic N) is 2. The van der Waals surface area contributed by atoms with E-state index in [9.17, 15) is 4.79 Å². The lowest BCUT2D eigenvalue weighted by atomic mass is 10.1. The smallest absolute Gasteiger partial charge is 0.286 e. The number of para-hydroxylation sites is 3. The second-order valence-electron chi connectivity index (χ2n) is 7.81. The van der Waals surface area contributed by atoms with Crippen molar-refractivity contribution in [2.24, 2.45) is 0 Å². The quantitative estimate of drug-likeness (QED) is 0.242. The van der Waals surface area contributed by atoms with Crippen LogP contribution in [0.15, 0.2) is 84.0 Å². The number of imidazole rings is 1. The van der Waals surface area contributed by atoms with Gasteiger partial charge in [0.25, 0.3) is 5.91 Å². The van der Waals surface area contributed by atoms with E-state index in [4.69, 9.17) is 14.1 Å². The number of amides is 1. The van der Waals surface area contributed by atoms with E-state index in [-0.39, 0.29) is 5.91 Å². The first-order valence-electron chi connectivity index (χ1n) is 11.3. The van der Waals surface area contributed by atoms with Crippen molar-refractivity contribution >= 4 is 16.9 Å². The molecule has 0 atom stereocenters. The number of benzene rings is 2. The van der Waals surface area contributed by atoms with E-state index < -0.39 is 0 Å². The van der Waals surface area contributed by atoms with E-state index in [1.165, 1.54) is 6.26 Å². The Morgan fingerprint density at radius 3 is 2.79 bits per heavy atom. The van der Waals surface area contributed by atoms with Crippen LogP contribution in [0.25, 0.3) is 11.0 Å². The van der Waals surface area contributed by atoms with Crippen molar-refractivity contribution in [1.82, 2.24) is 14.9 Å². The summed E-state index contributed by atoms with van der Waals surface area (Å²) in [6, 6.07) is 19.6. The molecule has 0 saturated heterocycles. The molecule has 0 aliphatic carbocycles. The van der Waals surface area contributed by atoms with Crippen LogP contribution >= 0.6 is 0 Å². The highest BCUT2D eigenvalue weighted by Crippen LogP contribution is 2.20. The molecule has 0 bridgehead atoms. The number of furan rings is 1. The predicted octanol–water partition coefficient (Wildman–Crippen LogP) is 5.19. The second-order valence-corrected chi connectivity index (χ2v) is 7.81. The van der Waals surface area contributed by atoms with Gasteiger partial charge in [0.15, 0.2) is 5.76 Å². The maximum atomic E-state index is 12.1. The Morgan fingerprint density at radius 2 is 1.94 bits per heavy atom. The fourth-order valence-electron chi connectivity index (χ4n) is 3.87. The van der Waals surface area contributed by atoms with E-state index in [0.29, 0.717) is 25.3 Å². The summed E-state index contributed by atoms with van der Waals surface area (Å²) in [6.45, 7) is 5.82.